The molecule has 72 heavy (non-hydrogen) atoms. The molecule has 0 atom stereocenters. The molecule has 0 aliphatic heterocycles. The van der Waals surface area contributed by atoms with Gasteiger partial charge in [-0.2, -0.15) is 40.6 Å². The molecule has 0 spiro atoms. The number of ether oxygens (including phenoxy) is 2. The largest absolute Gasteiger partial charge is 4.00 e. The zero-order valence-corrected chi connectivity index (χ0v) is 44.3. The minimum atomic E-state index is 0. The zero-order chi connectivity index (χ0) is 49.8. The Morgan fingerprint density at radius 2 is 0.694 bits per heavy atom. The third-order valence-corrected chi connectivity index (χ3v) is 11.3. The Morgan fingerprint density at radius 3 is 1.00 bits per heavy atom. The van der Waals surface area contributed by atoms with Crippen LogP contribution in [0.1, 0.15) is 17.0 Å². The molecule has 356 valence electrons. The van der Waals surface area contributed by atoms with E-state index in [0.29, 0.717) is 0 Å². The van der Waals surface area contributed by atoms with Gasteiger partial charge in [0.25, 0.3) is 0 Å². The molecule has 9 heteroatoms. The fourth-order valence-electron chi connectivity index (χ4n) is 8.21. The van der Waals surface area contributed by atoms with Crippen LogP contribution in [0.15, 0.2) is 223 Å². The molecule has 9 aromatic carbocycles. The number of methoxy groups -OCH3 is 2. The molecule has 0 aliphatic rings. The van der Waals surface area contributed by atoms with Crippen molar-refractivity contribution in [1.82, 2.24) is 9.97 Å². The topological polar surface area (TPSA) is 99.6 Å². The molecule has 0 N–H and O–H groups in total. The summed E-state index contributed by atoms with van der Waals surface area (Å²) in [7, 11) is 10.4. The molecule has 0 saturated heterocycles. The van der Waals surface area contributed by atoms with Crippen molar-refractivity contribution in [2.24, 2.45) is 9.98 Å². The quantitative estimate of drug-likeness (QED) is 0.142. The monoisotopic (exact) mass is 1020 g/mol. The molecule has 11 rings (SSSR count). The molecule has 0 amide bonds. The van der Waals surface area contributed by atoms with Crippen molar-refractivity contribution in [3.05, 3.63) is 240 Å². The van der Waals surface area contributed by atoms with E-state index in [9.17, 15) is 0 Å². The Bertz CT molecular complexity index is 3250. The predicted molar refractivity (Wildman–Crippen MR) is 303 cm³/mol. The third kappa shape index (κ3) is 13.4. The summed E-state index contributed by atoms with van der Waals surface area (Å²) in [5.41, 5.74) is 9.04. The second-order valence-electron chi connectivity index (χ2n) is 16.3. The molecular weight excluding hydrogens is 964 g/mol. The smallest absolute Gasteiger partial charge is 0.668 e. The molecule has 0 bridgehead atoms. The number of aliphatic imine (C=N–C) groups is 2. The van der Waals surface area contributed by atoms with Crippen LogP contribution in [0.5, 0.6) is 11.5 Å². The number of hydrogen-bond donors (Lipinski definition) is 0. The van der Waals surface area contributed by atoms with E-state index in [-0.39, 0.29) is 26.2 Å². The summed E-state index contributed by atoms with van der Waals surface area (Å²) < 4.78 is 11.6. The van der Waals surface area contributed by atoms with Crippen LogP contribution in [-0.2, 0) is 26.2 Å². The fraction of sp³-hybridized carbons (Fsp3) is 0.111. The van der Waals surface area contributed by atoms with E-state index in [4.69, 9.17) is 19.5 Å². The van der Waals surface area contributed by atoms with Gasteiger partial charge in [-0.1, -0.05) is 181 Å². The molecule has 0 unspecified atom stereocenters. The van der Waals surface area contributed by atoms with E-state index in [2.05, 4.69) is 173 Å². The average molecular weight is 1020 g/mol. The normalized spacial score (nSPS) is 10.6. The van der Waals surface area contributed by atoms with Gasteiger partial charge in [-0.15, -0.1) is 11.4 Å². The Labute approximate surface area is 443 Å². The summed E-state index contributed by atoms with van der Waals surface area (Å²) in [4.78, 5) is 18.2. The summed E-state index contributed by atoms with van der Waals surface area (Å²) in [5, 5.41) is 16.3. The van der Waals surface area contributed by atoms with Gasteiger partial charge in [0.2, 0.25) is 0 Å². The second-order valence-corrected chi connectivity index (χ2v) is 16.3. The average Bonchev–Trinajstić information content (AvgIpc) is 4.16. The van der Waals surface area contributed by atoms with E-state index in [0.717, 1.165) is 78.1 Å². The van der Waals surface area contributed by atoms with Gasteiger partial charge in [0.1, 0.15) is 11.5 Å². The Morgan fingerprint density at radius 1 is 0.375 bits per heavy atom. The number of hydrogen-bond acceptors (Lipinski definition) is 4. The van der Waals surface area contributed by atoms with Gasteiger partial charge in [0, 0.05) is 34.7 Å². The van der Waals surface area contributed by atoms with Crippen LogP contribution in [0.3, 0.4) is 0 Å². The molecular formula is C63H58N6O2Zr. The number of rotatable bonds is 8. The Kier molecular flexibility index (Phi) is 20.6. The van der Waals surface area contributed by atoms with Crippen molar-refractivity contribution >= 4 is 66.9 Å². The van der Waals surface area contributed by atoms with Crippen LogP contribution in [0.2, 0.25) is 0 Å². The first-order valence-electron chi connectivity index (χ1n) is 23.3. The maximum atomic E-state index is 5.80. The summed E-state index contributed by atoms with van der Waals surface area (Å²) >= 11 is 0. The van der Waals surface area contributed by atoms with Gasteiger partial charge in [-0.05, 0) is 74.3 Å². The van der Waals surface area contributed by atoms with Gasteiger partial charge < -0.3 is 30.1 Å². The number of benzene rings is 9. The number of aryl methyl sites for hydroxylation is 1. The summed E-state index contributed by atoms with van der Waals surface area (Å²) in [6.45, 7) is 2.08. The van der Waals surface area contributed by atoms with Gasteiger partial charge in [0.15, 0.2) is 0 Å². The van der Waals surface area contributed by atoms with Gasteiger partial charge >= 0.3 is 26.2 Å². The fourth-order valence-corrected chi connectivity index (χ4v) is 8.21. The van der Waals surface area contributed by atoms with Gasteiger partial charge in [-0.3, -0.25) is 9.98 Å². The maximum Gasteiger partial charge on any atom is 4.00 e. The minimum Gasteiger partial charge on any atom is -0.668 e. The third-order valence-electron chi connectivity index (χ3n) is 11.3. The zero-order valence-electron chi connectivity index (χ0n) is 41.9. The molecule has 2 heterocycles. The maximum absolute atomic E-state index is 5.80. The van der Waals surface area contributed by atoms with Crippen molar-refractivity contribution < 1.29 is 35.7 Å². The van der Waals surface area contributed by atoms with Crippen molar-refractivity contribution in [1.29, 1.82) is 0 Å². The van der Waals surface area contributed by atoms with E-state index < -0.39 is 0 Å². The first-order valence-corrected chi connectivity index (χ1v) is 23.3. The van der Waals surface area contributed by atoms with Gasteiger partial charge in [0.05, 0.1) is 25.6 Å². The van der Waals surface area contributed by atoms with E-state index in [1.165, 1.54) is 27.1 Å². The molecule has 8 nitrogen and oxygen atoms in total. The summed E-state index contributed by atoms with van der Waals surface area (Å²) in [6.07, 6.45) is 7.17. The first-order chi connectivity index (χ1) is 34.9. The Hall–Kier alpha value is -7.68. The number of fused-ring (bicyclic) bond motifs is 4. The molecule has 0 aliphatic carbocycles. The van der Waals surface area contributed by atoms with Crippen LogP contribution in [0.4, 0.5) is 11.4 Å². The first kappa shape index (κ1) is 53.7. The van der Waals surface area contributed by atoms with Crippen molar-refractivity contribution in [2.45, 2.75) is 6.92 Å². The van der Waals surface area contributed by atoms with Crippen LogP contribution in [-0.4, -0.2) is 54.8 Å². The minimum absolute atomic E-state index is 0. The van der Waals surface area contributed by atoms with E-state index in [1.54, 1.807) is 54.8 Å². The van der Waals surface area contributed by atoms with Crippen LogP contribution in [0, 0.1) is 6.92 Å². The van der Waals surface area contributed by atoms with Crippen molar-refractivity contribution in [3.63, 3.8) is 0 Å². The number of aromatic nitrogens is 2. The van der Waals surface area contributed by atoms with Crippen molar-refractivity contribution in [2.75, 3.05) is 42.4 Å². The molecule has 11 aromatic rings. The van der Waals surface area contributed by atoms with Crippen LogP contribution >= 0.6 is 0 Å². The van der Waals surface area contributed by atoms with Crippen molar-refractivity contribution in [3.8, 4) is 33.8 Å². The molecule has 0 radical (unpaired) electrons. The van der Waals surface area contributed by atoms with Crippen LogP contribution in [0.25, 0.3) is 76.0 Å². The predicted octanol–water partition coefficient (Wildman–Crippen LogP) is 16.0. The van der Waals surface area contributed by atoms with E-state index in [1.807, 2.05) is 67.0 Å². The SMILES string of the molecule is COc1ccc2ccccc2c1-c1c(N=Cc2ccc[n-]2)ccc2ccccc12.COc1ccc2ccccc2c1-c1c(N=Cc2ccc[n-]2)ccc2ccccc12.C[N-]C.C[N-]C.Cc1ccccc1.[Zr+4]. The van der Waals surface area contributed by atoms with E-state index >= 15 is 0 Å². The Balaban J connectivity index is 0.000000187. The van der Waals surface area contributed by atoms with Gasteiger partial charge in [-0.25, -0.2) is 0 Å². The van der Waals surface area contributed by atoms with Crippen LogP contribution < -0.4 is 19.4 Å². The summed E-state index contributed by atoms with van der Waals surface area (Å²) in [5.74, 6) is 1.67. The number of nitrogens with zero attached hydrogens (tertiary/aromatic N) is 6. The molecule has 0 fully saturated rings. The standard InChI is InChI=1S/2C26H19N2O.C7H8.2C2H6N.Zr/c2*1-29-24-15-13-19-8-3-5-11-22(19)26(24)25-21-10-4-2-7-18(21)12-14-23(25)28-17-20-9-6-16-27-20;1-7-5-3-2-4-6-7;2*1-3-2;/h2*2-17H,1H3;2-6H,1H3;2*1-2H3;/q2*-1;;2*-1;+4. The summed E-state index contributed by atoms with van der Waals surface area (Å²) in [6, 6.07) is 68.2. The second kappa shape index (κ2) is 27.6. The molecule has 2 aromatic heterocycles. The molecule has 0 saturated carbocycles.